The van der Waals surface area contributed by atoms with Crippen molar-refractivity contribution in [1.82, 2.24) is 0 Å². The number of benzene rings is 2. The fourth-order valence-corrected chi connectivity index (χ4v) is 4.30. The SMILES string of the molecule is Clc1ccccc1N1c2ccccc2C2C=C(Br)CCC21. The third-order valence-electron chi connectivity index (χ3n) is 4.45. The van der Waals surface area contributed by atoms with Crippen molar-refractivity contribution in [2.24, 2.45) is 0 Å². The summed E-state index contributed by atoms with van der Waals surface area (Å²) >= 11 is 10.1. The minimum absolute atomic E-state index is 0.445. The maximum atomic E-state index is 6.46. The zero-order chi connectivity index (χ0) is 14.4. The lowest BCUT2D eigenvalue weighted by atomic mass is 9.87. The first kappa shape index (κ1) is 13.4. The molecule has 4 rings (SSSR count). The molecule has 2 aromatic carbocycles. The number of allylic oxidation sites excluding steroid dienone is 1. The fraction of sp³-hybridized carbons (Fsp3) is 0.222. The molecule has 0 N–H and O–H groups in total. The lowest BCUT2D eigenvalue weighted by Crippen LogP contribution is -2.31. The zero-order valence-corrected chi connectivity index (χ0v) is 13.8. The second-order valence-electron chi connectivity index (χ2n) is 5.63. The van der Waals surface area contributed by atoms with Gasteiger partial charge in [-0.05, 0) is 41.1 Å². The van der Waals surface area contributed by atoms with E-state index >= 15 is 0 Å². The number of nitrogens with zero attached hydrogens (tertiary/aromatic N) is 1. The van der Waals surface area contributed by atoms with Crippen LogP contribution in [0.5, 0.6) is 0 Å². The van der Waals surface area contributed by atoms with Gasteiger partial charge in [0.1, 0.15) is 0 Å². The van der Waals surface area contributed by atoms with Gasteiger partial charge in [-0.25, -0.2) is 0 Å². The largest absolute Gasteiger partial charge is 0.336 e. The van der Waals surface area contributed by atoms with E-state index in [0.717, 1.165) is 23.6 Å². The standard InChI is InChI=1S/C18H15BrClN/c19-12-9-10-17-14(11-12)13-5-1-3-7-16(13)21(17)18-8-4-2-6-15(18)20/h1-8,11,14,17H,9-10H2. The van der Waals surface area contributed by atoms with E-state index in [9.17, 15) is 0 Å². The van der Waals surface area contributed by atoms with Crippen molar-refractivity contribution < 1.29 is 0 Å². The molecule has 0 radical (unpaired) electrons. The van der Waals surface area contributed by atoms with Crippen molar-refractivity contribution in [3.8, 4) is 0 Å². The van der Waals surface area contributed by atoms with Crippen LogP contribution in [0.1, 0.15) is 24.3 Å². The number of hydrogen-bond acceptors (Lipinski definition) is 1. The Morgan fingerprint density at radius 2 is 1.71 bits per heavy atom. The van der Waals surface area contributed by atoms with E-state index in [0.29, 0.717) is 12.0 Å². The van der Waals surface area contributed by atoms with Crippen LogP contribution < -0.4 is 4.90 Å². The van der Waals surface area contributed by atoms with Crippen molar-refractivity contribution in [3.63, 3.8) is 0 Å². The van der Waals surface area contributed by atoms with Crippen LogP contribution in [0.3, 0.4) is 0 Å². The molecule has 0 bridgehead atoms. The number of anilines is 2. The van der Waals surface area contributed by atoms with Gasteiger partial charge in [0, 0.05) is 17.6 Å². The molecule has 1 nitrogen and oxygen atoms in total. The van der Waals surface area contributed by atoms with E-state index in [1.807, 2.05) is 12.1 Å². The van der Waals surface area contributed by atoms with Gasteiger partial charge in [-0.1, -0.05) is 63.9 Å². The number of halogens is 2. The maximum Gasteiger partial charge on any atom is 0.0643 e. The Bertz CT molecular complexity index is 725. The Morgan fingerprint density at radius 1 is 1.00 bits per heavy atom. The lowest BCUT2D eigenvalue weighted by molar-refractivity contribution is 0.562. The van der Waals surface area contributed by atoms with Crippen molar-refractivity contribution in [2.75, 3.05) is 4.90 Å². The summed E-state index contributed by atoms with van der Waals surface area (Å²) in [5.41, 5.74) is 3.81. The molecule has 3 heteroatoms. The summed E-state index contributed by atoms with van der Waals surface area (Å²) in [4.78, 5) is 2.43. The molecule has 1 aliphatic carbocycles. The highest BCUT2D eigenvalue weighted by molar-refractivity contribution is 9.11. The average molecular weight is 361 g/mol. The summed E-state index contributed by atoms with van der Waals surface area (Å²) in [6, 6.07) is 17.3. The van der Waals surface area contributed by atoms with Gasteiger partial charge in [0.05, 0.1) is 10.7 Å². The van der Waals surface area contributed by atoms with Crippen LogP contribution >= 0.6 is 27.5 Å². The number of para-hydroxylation sites is 2. The van der Waals surface area contributed by atoms with Crippen LogP contribution in [0, 0.1) is 0 Å². The predicted octanol–water partition coefficient (Wildman–Crippen LogP) is 6.02. The molecule has 106 valence electrons. The molecule has 2 aliphatic rings. The summed E-state index contributed by atoms with van der Waals surface area (Å²) in [5, 5.41) is 0.821. The first-order valence-corrected chi connectivity index (χ1v) is 8.41. The van der Waals surface area contributed by atoms with Gasteiger partial charge in [0.25, 0.3) is 0 Å². The molecular weight excluding hydrogens is 346 g/mol. The average Bonchev–Trinajstić information content (AvgIpc) is 2.82. The van der Waals surface area contributed by atoms with Gasteiger partial charge in [-0.3, -0.25) is 0 Å². The third-order valence-corrected chi connectivity index (χ3v) is 5.43. The highest BCUT2D eigenvalue weighted by Crippen LogP contribution is 2.51. The molecule has 2 unspecified atom stereocenters. The van der Waals surface area contributed by atoms with Crippen LogP contribution in [-0.4, -0.2) is 6.04 Å². The second-order valence-corrected chi connectivity index (χ2v) is 7.05. The van der Waals surface area contributed by atoms with Crippen LogP contribution in [0.25, 0.3) is 0 Å². The molecule has 2 aromatic rings. The van der Waals surface area contributed by atoms with Gasteiger partial charge in [-0.15, -0.1) is 0 Å². The fourth-order valence-electron chi connectivity index (χ4n) is 3.56. The molecule has 0 fully saturated rings. The molecule has 0 aromatic heterocycles. The normalized spacial score (nSPS) is 23.5. The van der Waals surface area contributed by atoms with Crippen molar-refractivity contribution in [2.45, 2.75) is 24.8 Å². The Morgan fingerprint density at radius 3 is 2.52 bits per heavy atom. The van der Waals surface area contributed by atoms with Crippen molar-refractivity contribution >= 4 is 38.9 Å². The zero-order valence-electron chi connectivity index (χ0n) is 11.5. The quantitative estimate of drug-likeness (QED) is 0.601. The van der Waals surface area contributed by atoms with Gasteiger partial charge >= 0.3 is 0 Å². The third kappa shape index (κ3) is 2.13. The van der Waals surface area contributed by atoms with Gasteiger partial charge in [0.15, 0.2) is 0 Å². The molecule has 1 heterocycles. The topological polar surface area (TPSA) is 3.24 Å². The molecule has 21 heavy (non-hydrogen) atoms. The van der Waals surface area contributed by atoms with Crippen molar-refractivity contribution in [1.29, 1.82) is 0 Å². The monoisotopic (exact) mass is 359 g/mol. The van der Waals surface area contributed by atoms with Crippen LogP contribution in [0.15, 0.2) is 59.1 Å². The molecule has 0 saturated heterocycles. The molecule has 0 saturated carbocycles. The minimum atomic E-state index is 0.445. The summed E-state index contributed by atoms with van der Waals surface area (Å²) in [6.45, 7) is 0. The van der Waals surface area contributed by atoms with Crippen LogP contribution in [-0.2, 0) is 0 Å². The van der Waals surface area contributed by atoms with Gasteiger partial charge in [-0.2, -0.15) is 0 Å². The van der Waals surface area contributed by atoms with E-state index in [4.69, 9.17) is 11.6 Å². The summed E-state index contributed by atoms with van der Waals surface area (Å²) in [5.74, 6) is 0.445. The van der Waals surface area contributed by atoms with Gasteiger partial charge in [0.2, 0.25) is 0 Å². The van der Waals surface area contributed by atoms with E-state index < -0.39 is 0 Å². The Hall–Kier alpha value is -1.25. The smallest absolute Gasteiger partial charge is 0.0643 e. The predicted molar refractivity (Wildman–Crippen MR) is 92.8 cm³/mol. The summed E-state index contributed by atoms with van der Waals surface area (Å²) in [6.07, 6.45) is 4.60. The summed E-state index contributed by atoms with van der Waals surface area (Å²) < 4.78 is 1.32. The number of fused-ring (bicyclic) bond motifs is 3. The van der Waals surface area contributed by atoms with Crippen LogP contribution in [0.2, 0.25) is 5.02 Å². The molecule has 0 spiro atoms. The highest BCUT2D eigenvalue weighted by atomic mass is 79.9. The van der Waals surface area contributed by atoms with Crippen molar-refractivity contribution in [3.05, 3.63) is 69.7 Å². The summed E-state index contributed by atoms with van der Waals surface area (Å²) in [7, 11) is 0. The first-order valence-electron chi connectivity index (χ1n) is 7.24. The molecule has 0 amide bonds. The van der Waals surface area contributed by atoms with Gasteiger partial charge < -0.3 is 4.90 Å². The van der Waals surface area contributed by atoms with E-state index in [1.165, 1.54) is 15.7 Å². The molecule has 1 aliphatic heterocycles. The first-order chi connectivity index (χ1) is 10.3. The van der Waals surface area contributed by atoms with E-state index in [-0.39, 0.29) is 0 Å². The van der Waals surface area contributed by atoms with E-state index in [2.05, 4.69) is 63.3 Å². The highest BCUT2D eigenvalue weighted by Gasteiger charge is 2.40. The Kier molecular flexibility index (Phi) is 3.31. The minimum Gasteiger partial charge on any atom is -0.336 e. The molecular formula is C18H15BrClN. The Balaban J connectivity index is 1.90. The van der Waals surface area contributed by atoms with E-state index in [1.54, 1.807) is 0 Å². The number of hydrogen-bond donors (Lipinski definition) is 0. The Labute approximate surface area is 138 Å². The van der Waals surface area contributed by atoms with Crippen LogP contribution in [0.4, 0.5) is 11.4 Å². The second kappa shape index (κ2) is 5.19. The molecule has 2 atom stereocenters. The lowest BCUT2D eigenvalue weighted by Gasteiger charge is -2.32. The number of rotatable bonds is 1. The maximum absolute atomic E-state index is 6.46.